The van der Waals surface area contributed by atoms with Crippen molar-refractivity contribution in [3.63, 3.8) is 0 Å². The largest absolute Gasteiger partial charge is 0.442 e. The number of fused-ring (bicyclic) bond motifs is 2. The molecule has 0 bridgehead atoms. The lowest BCUT2D eigenvalue weighted by Gasteiger charge is -2.38. The van der Waals surface area contributed by atoms with Gasteiger partial charge in [-0.1, -0.05) is 0 Å². The van der Waals surface area contributed by atoms with Crippen LogP contribution in [0, 0.1) is 6.92 Å². The van der Waals surface area contributed by atoms with E-state index in [-0.39, 0.29) is 11.4 Å². The van der Waals surface area contributed by atoms with E-state index in [4.69, 9.17) is 4.42 Å². The summed E-state index contributed by atoms with van der Waals surface area (Å²) in [6, 6.07) is 0. The maximum atomic E-state index is 13.6. The van der Waals surface area contributed by atoms with Gasteiger partial charge in [0.1, 0.15) is 36.2 Å². The summed E-state index contributed by atoms with van der Waals surface area (Å²) in [6.45, 7) is 5.54. The predicted octanol–water partition coefficient (Wildman–Crippen LogP) is 2.64. The molecule has 3 aromatic heterocycles. The molecule has 0 unspecified atom stereocenters. The van der Waals surface area contributed by atoms with E-state index in [0.29, 0.717) is 60.8 Å². The quantitative estimate of drug-likeness (QED) is 0.665. The Bertz CT molecular complexity index is 1230. The van der Waals surface area contributed by atoms with Gasteiger partial charge in [0.05, 0.1) is 36.3 Å². The van der Waals surface area contributed by atoms with E-state index in [1.807, 2.05) is 4.90 Å². The van der Waals surface area contributed by atoms with Gasteiger partial charge in [-0.05, 0) is 33.1 Å². The number of furan rings is 1. The van der Waals surface area contributed by atoms with Gasteiger partial charge in [-0.15, -0.1) is 0 Å². The molecule has 0 atom stereocenters. The molecule has 3 aliphatic rings. The van der Waals surface area contributed by atoms with Crippen molar-refractivity contribution >= 4 is 28.6 Å². The lowest BCUT2D eigenvalue weighted by atomic mass is 10.0. The molecule has 1 amide bonds. The molecule has 166 valence electrons. The first kappa shape index (κ1) is 19.4. The van der Waals surface area contributed by atoms with Gasteiger partial charge in [0.15, 0.2) is 0 Å². The average molecular weight is 437 g/mol. The molecule has 2 aliphatic heterocycles. The molecule has 1 N–H and O–H groups in total. The van der Waals surface area contributed by atoms with E-state index in [1.54, 1.807) is 11.8 Å². The van der Waals surface area contributed by atoms with Crippen molar-refractivity contribution in [2.45, 2.75) is 51.4 Å². The van der Waals surface area contributed by atoms with Crippen LogP contribution in [0.2, 0.25) is 0 Å². The van der Waals surface area contributed by atoms with Crippen LogP contribution in [0.3, 0.4) is 0 Å². The summed E-state index contributed by atoms with van der Waals surface area (Å²) < 4.78 is 19.2. The normalized spacial score (nSPS) is 19.6. The highest BCUT2D eigenvalue weighted by Crippen LogP contribution is 2.40. The molecular weight excluding hydrogens is 413 g/mol. The third-order valence-corrected chi connectivity index (χ3v) is 6.71. The average Bonchev–Trinajstić information content (AvgIpc) is 3.38. The summed E-state index contributed by atoms with van der Waals surface area (Å²) >= 11 is 0. The standard InChI is InChI=1S/C22H24FN7O2/c1-12-16(17-18(28-22(2)4-5-22)25-11-27-20(17)32-12)21(31)29-6-3-14-15(9-29)24-10-26-19(14)30-7-13(23)8-30/h10-11,13H,3-9H2,1-2H3,(H,25,27,28). The number of carbonyl (C=O) groups excluding carboxylic acids is 1. The third-order valence-electron chi connectivity index (χ3n) is 6.71. The Labute approximate surface area is 184 Å². The first-order chi connectivity index (χ1) is 15.4. The lowest BCUT2D eigenvalue weighted by molar-refractivity contribution is 0.0731. The number of alkyl halides is 1. The van der Waals surface area contributed by atoms with Crippen LogP contribution < -0.4 is 10.2 Å². The van der Waals surface area contributed by atoms with Crippen LogP contribution in [-0.2, 0) is 13.0 Å². The Kier molecular flexibility index (Phi) is 4.15. The molecule has 32 heavy (non-hydrogen) atoms. The number of aromatic nitrogens is 4. The van der Waals surface area contributed by atoms with E-state index >= 15 is 0 Å². The number of hydrogen-bond donors (Lipinski definition) is 1. The number of rotatable bonds is 4. The van der Waals surface area contributed by atoms with Crippen molar-refractivity contribution in [3.8, 4) is 0 Å². The molecule has 2 fully saturated rings. The number of nitrogens with one attached hydrogen (secondary N) is 1. The Balaban J connectivity index is 1.32. The predicted molar refractivity (Wildman–Crippen MR) is 115 cm³/mol. The van der Waals surface area contributed by atoms with E-state index in [9.17, 15) is 9.18 Å². The molecule has 6 rings (SSSR count). The van der Waals surface area contributed by atoms with Gasteiger partial charge in [0.2, 0.25) is 5.71 Å². The number of anilines is 2. The Morgan fingerprint density at radius 2 is 2.00 bits per heavy atom. The molecule has 0 radical (unpaired) electrons. The number of nitrogens with zero attached hydrogens (tertiary/aromatic N) is 6. The van der Waals surface area contributed by atoms with Crippen molar-refractivity contribution in [1.29, 1.82) is 0 Å². The zero-order valence-corrected chi connectivity index (χ0v) is 18.1. The molecule has 1 aliphatic carbocycles. The van der Waals surface area contributed by atoms with Gasteiger partial charge in [-0.3, -0.25) is 4.79 Å². The third kappa shape index (κ3) is 3.08. The zero-order valence-electron chi connectivity index (χ0n) is 18.1. The first-order valence-corrected chi connectivity index (χ1v) is 11.0. The maximum absolute atomic E-state index is 13.6. The van der Waals surface area contributed by atoms with Crippen molar-refractivity contribution in [1.82, 2.24) is 24.8 Å². The molecular formula is C22H24FN7O2. The fourth-order valence-electron chi connectivity index (χ4n) is 4.53. The van der Waals surface area contributed by atoms with E-state index in [2.05, 4.69) is 32.2 Å². The fraction of sp³-hybridized carbons (Fsp3) is 0.500. The molecule has 0 spiro atoms. The molecule has 1 saturated heterocycles. The van der Waals surface area contributed by atoms with Crippen LogP contribution in [0.4, 0.5) is 16.0 Å². The molecule has 3 aromatic rings. The topological polar surface area (TPSA) is 100 Å². The maximum Gasteiger partial charge on any atom is 0.258 e. The van der Waals surface area contributed by atoms with E-state index in [1.165, 1.54) is 12.7 Å². The molecule has 1 saturated carbocycles. The Hall–Kier alpha value is -3.30. The summed E-state index contributed by atoms with van der Waals surface area (Å²) in [5.41, 5.74) is 2.72. The monoisotopic (exact) mass is 437 g/mol. The van der Waals surface area contributed by atoms with Crippen LogP contribution in [0.5, 0.6) is 0 Å². The SMILES string of the molecule is Cc1oc2ncnc(NC3(C)CC3)c2c1C(=O)N1CCc2c(ncnc2N2CC(F)C2)C1. The molecule has 9 nitrogen and oxygen atoms in total. The van der Waals surface area contributed by atoms with Gasteiger partial charge in [-0.25, -0.2) is 24.3 Å². The molecule has 0 aromatic carbocycles. The summed E-state index contributed by atoms with van der Waals surface area (Å²) in [4.78, 5) is 34.8. The number of carbonyl (C=O) groups is 1. The number of hydrogen-bond acceptors (Lipinski definition) is 8. The van der Waals surface area contributed by atoms with Crippen LogP contribution >= 0.6 is 0 Å². The summed E-state index contributed by atoms with van der Waals surface area (Å²) in [5, 5.41) is 4.09. The Morgan fingerprint density at radius 3 is 2.75 bits per heavy atom. The highest BCUT2D eigenvalue weighted by atomic mass is 19.1. The van der Waals surface area contributed by atoms with Gasteiger partial charge < -0.3 is 19.5 Å². The number of amides is 1. The van der Waals surface area contributed by atoms with Crippen molar-refractivity contribution < 1.29 is 13.6 Å². The molecule has 5 heterocycles. The number of aryl methyl sites for hydroxylation is 1. The second kappa shape index (κ2) is 6.85. The van der Waals surface area contributed by atoms with Gasteiger partial charge in [0.25, 0.3) is 5.91 Å². The molecule has 10 heteroatoms. The second-order valence-electron chi connectivity index (χ2n) is 9.22. The van der Waals surface area contributed by atoms with E-state index < -0.39 is 6.17 Å². The smallest absolute Gasteiger partial charge is 0.258 e. The van der Waals surface area contributed by atoms with Crippen molar-refractivity contribution in [2.75, 3.05) is 29.9 Å². The van der Waals surface area contributed by atoms with E-state index in [0.717, 1.165) is 29.9 Å². The summed E-state index contributed by atoms with van der Waals surface area (Å²) in [5.74, 6) is 1.83. The lowest BCUT2D eigenvalue weighted by Crippen LogP contribution is -2.50. The minimum atomic E-state index is -0.803. The minimum absolute atomic E-state index is 0.000361. The fourth-order valence-corrected chi connectivity index (χ4v) is 4.53. The Morgan fingerprint density at radius 1 is 1.22 bits per heavy atom. The minimum Gasteiger partial charge on any atom is -0.442 e. The van der Waals surface area contributed by atoms with Crippen LogP contribution in [-0.4, -0.2) is 62.1 Å². The second-order valence-corrected chi connectivity index (χ2v) is 9.22. The van der Waals surface area contributed by atoms with Crippen LogP contribution in [0.25, 0.3) is 11.1 Å². The first-order valence-electron chi connectivity index (χ1n) is 11.0. The zero-order chi connectivity index (χ0) is 22.0. The van der Waals surface area contributed by atoms with Gasteiger partial charge in [-0.2, -0.15) is 0 Å². The van der Waals surface area contributed by atoms with Gasteiger partial charge in [0, 0.05) is 17.6 Å². The number of halogens is 1. The van der Waals surface area contributed by atoms with Crippen LogP contribution in [0.15, 0.2) is 17.1 Å². The van der Waals surface area contributed by atoms with Crippen molar-refractivity contribution in [3.05, 3.63) is 35.2 Å². The van der Waals surface area contributed by atoms with Crippen molar-refractivity contribution in [2.24, 2.45) is 0 Å². The van der Waals surface area contributed by atoms with Crippen LogP contribution in [0.1, 0.15) is 47.1 Å². The van der Waals surface area contributed by atoms with Gasteiger partial charge >= 0.3 is 0 Å². The highest BCUT2D eigenvalue weighted by Gasteiger charge is 2.39. The summed E-state index contributed by atoms with van der Waals surface area (Å²) in [7, 11) is 0. The summed E-state index contributed by atoms with van der Waals surface area (Å²) in [6.07, 6.45) is 4.90. The highest BCUT2D eigenvalue weighted by molar-refractivity contribution is 6.10.